The highest BCUT2D eigenvalue weighted by atomic mass is 16.5. The Balaban J connectivity index is 2.01. The molecule has 1 heterocycles. The molecule has 4 nitrogen and oxygen atoms in total. The van der Waals surface area contributed by atoms with Crippen molar-refractivity contribution in [2.45, 2.75) is 45.6 Å². The van der Waals surface area contributed by atoms with Crippen LogP contribution in [0.3, 0.4) is 0 Å². The topological polar surface area (TPSA) is 47.0 Å². The van der Waals surface area contributed by atoms with Crippen LogP contribution in [-0.2, 0) is 11.3 Å². The lowest BCUT2D eigenvalue weighted by Crippen LogP contribution is -2.22. The highest BCUT2D eigenvalue weighted by Gasteiger charge is 2.23. The number of aryl methyl sites for hydroxylation is 2. The van der Waals surface area contributed by atoms with E-state index in [1.54, 1.807) is 7.11 Å². The van der Waals surface area contributed by atoms with Gasteiger partial charge in [-0.2, -0.15) is 0 Å². The Bertz CT molecular complexity index is 379. The number of methoxy groups -OCH3 is 1. The van der Waals surface area contributed by atoms with Crippen molar-refractivity contribution < 1.29 is 4.74 Å². The second kappa shape index (κ2) is 6.25. The lowest BCUT2D eigenvalue weighted by atomic mass is 9.84. The molecule has 0 radical (unpaired) electrons. The third-order valence-corrected chi connectivity index (χ3v) is 3.69. The summed E-state index contributed by atoms with van der Waals surface area (Å²) in [7, 11) is 1.72. The number of nitrogens with zero attached hydrogens (tertiary/aromatic N) is 2. The van der Waals surface area contributed by atoms with E-state index in [4.69, 9.17) is 4.74 Å². The first-order chi connectivity index (χ1) is 8.72. The molecule has 0 aromatic carbocycles. The first-order valence-corrected chi connectivity index (χ1v) is 6.76. The molecule has 1 N–H and O–H groups in total. The van der Waals surface area contributed by atoms with Crippen molar-refractivity contribution in [3.63, 3.8) is 0 Å². The van der Waals surface area contributed by atoms with Crippen LogP contribution in [0.5, 0.6) is 0 Å². The minimum Gasteiger partial charge on any atom is -0.383 e. The van der Waals surface area contributed by atoms with Gasteiger partial charge in [-0.05, 0) is 26.7 Å². The molecule has 0 bridgehead atoms. The zero-order chi connectivity index (χ0) is 13.0. The van der Waals surface area contributed by atoms with Crippen LogP contribution >= 0.6 is 0 Å². The van der Waals surface area contributed by atoms with Gasteiger partial charge in [0.15, 0.2) is 0 Å². The van der Waals surface area contributed by atoms with Crippen LogP contribution in [0.1, 0.15) is 48.0 Å². The molecule has 0 unspecified atom stereocenters. The molecule has 2 rings (SSSR count). The summed E-state index contributed by atoms with van der Waals surface area (Å²) in [5.74, 6) is 1.66. The normalized spacial score (nSPS) is 15.7. The van der Waals surface area contributed by atoms with E-state index in [0.717, 1.165) is 36.9 Å². The van der Waals surface area contributed by atoms with Crippen LogP contribution in [0, 0.1) is 13.8 Å². The minimum atomic E-state index is 0.609. The Morgan fingerprint density at radius 3 is 2.39 bits per heavy atom. The van der Waals surface area contributed by atoms with Gasteiger partial charge in [-0.25, -0.2) is 9.97 Å². The first kappa shape index (κ1) is 13.4. The fourth-order valence-electron chi connectivity index (χ4n) is 2.26. The molecule has 0 amide bonds. The summed E-state index contributed by atoms with van der Waals surface area (Å²) in [6, 6.07) is 0. The van der Waals surface area contributed by atoms with Crippen molar-refractivity contribution in [3.05, 3.63) is 22.8 Å². The standard InChI is InChI=1S/C14H23N3O/c1-10-13(9-15-7-8-18-3)11(2)17-14(16-10)12-5-4-6-12/h12,15H,4-9H2,1-3H3. The van der Waals surface area contributed by atoms with Crippen LogP contribution in [-0.4, -0.2) is 30.2 Å². The van der Waals surface area contributed by atoms with Crippen LogP contribution in [0.2, 0.25) is 0 Å². The molecule has 1 aromatic heterocycles. The van der Waals surface area contributed by atoms with Gasteiger partial charge in [0.05, 0.1) is 6.61 Å². The molecule has 0 aliphatic heterocycles. The highest BCUT2D eigenvalue weighted by Crippen LogP contribution is 2.34. The average molecular weight is 249 g/mol. The second-order valence-electron chi connectivity index (χ2n) is 5.03. The van der Waals surface area contributed by atoms with Gasteiger partial charge in [-0.1, -0.05) is 6.42 Å². The minimum absolute atomic E-state index is 0.609. The molecule has 4 heteroatoms. The molecule has 18 heavy (non-hydrogen) atoms. The maximum Gasteiger partial charge on any atom is 0.131 e. The average Bonchev–Trinajstić information content (AvgIpc) is 2.24. The van der Waals surface area contributed by atoms with Gasteiger partial charge in [-0.15, -0.1) is 0 Å². The summed E-state index contributed by atoms with van der Waals surface area (Å²) < 4.78 is 5.02. The molecular formula is C14H23N3O. The molecule has 1 aromatic rings. The maximum absolute atomic E-state index is 5.02. The van der Waals surface area contributed by atoms with E-state index in [1.807, 2.05) is 0 Å². The Kier molecular flexibility index (Phi) is 4.66. The fraction of sp³-hybridized carbons (Fsp3) is 0.714. The first-order valence-electron chi connectivity index (χ1n) is 6.76. The molecule has 0 spiro atoms. The summed E-state index contributed by atoms with van der Waals surface area (Å²) in [6.07, 6.45) is 3.83. The smallest absolute Gasteiger partial charge is 0.131 e. The summed E-state index contributed by atoms with van der Waals surface area (Å²) in [6.45, 7) is 6.60. The third kappa shape index (κ3) is 3.06. The fourth-order valence-corrected chi connectivity index (χ4v) is 2.26. The summed E-state index contributed by atoms with van der Waals surface area (Å²) >= 11 is 0. The van der Waals surface area contributed by atoms with Gasteiger partial charge in [0.2, 0.25) is 0 Å². The largest absolute Gasteiger partial charge is 0.383 e. The molecule has 1 aliphatic carbocycles. The van der Waals surface area contributed by atoms with Crippen molar-refractivity contribution in [2.24, 2.45) is 0 Å². The number of nitrogens with one attached hydrogen (secondary N) is 1. The van der Waals surface area contributed by atoms with E-state index in [9.17, 15) is 0 Å². The van der Waals surface area contributed by atoms with Crippen LogP contribution in [0.4, 0.5) is 0 Å². The van der Waals surface area contributed by atoms with Crippen molar-refractivity contribution in [1.82, 2.24) is 15.3 Å². The van der Waals surface area contributed by atoms with Gasteiger partial charge in [-0.3, -0.25) is 0 Å². The number of ether oxygens (including phenoxy) is 1. The van der Waals surface area contributed by atoms with Crippen molar-refractivity contribution in [3.8, 4) is 0 Å². The Hall–Kier alpha value is -1.00. The quantitative estimate of drug-likeness (QED) is 0.784. The lowest BCUT2D eigenvalue weighted by Gasteiger charge is -2.25. The molecule has 0 saturated heterocycles. The molecule has 1 aliphatic rings. The number of hydrogen-bond donors (Lipinski definition) is 1. The maximum atomic E-state index is 5.02. The van der Waals surface area contributed by atoms with Crippen LogP contribution in [0.25, 0.3) is 0 Å². The molecule has 100 valence electrons. The number of hydrogen-bond acceptors (Lipinski definition) is 4. The lowest BCUT2D eigenvalue weighted by molar-refractivity contribution is 0.199. The zero-order valence-corrected chi connectivity index (χ0v) is 11.6. The predicted octanol–water partition coefficient (Wildman–Crippen LogP) is 2.10. The molecular weight excluding hydrogens is 226 g/mol. The van der Waals surface area contributed by atoms with Gasteiger partial charge in [0.1, 0.15) is 5.82 Å². The molecule has 1 fully saturated rings. The number of aromatic nitrogens is 2. The van der Waals surface area contributed by atoms with E-state index in [2.05, 4.69) is 29.1 Å². The monoisotopic (exact) mass is 249 g/mol. The Labute approximate surface area is 109 Å². The molecule has 0 atom stereocenters. The van der Waals surface area contributed by atoms with E-state index < -0.39 is 0 Å². The van der Waals surface area contributed by atoms with E-state index >= 15 is 0 Å². The number of rotatable bonds is 6. The summed E-state index contributed by atoms with van der Waals surface area (Å²) in [4.78, 5) is 9.35. The van der Waals surface area contributed by atoms with E-state index in [1.165, 1.54) is 24.8 Å². The SMILES string of the molecule is COCCNCc1c(C)nc(C2CCC2)nc1C. The van der Waals surface area contributed by atoms with Crippen molar-refractivity contribution in [1.29, 1.82) is 0 Å². The Morgan fingerprint density at radius 2 is 1.89 bits per heavy atom. The van der Waals surface area contributed by atoms with Gasteiger partial charge in [0.25, 0.3) is 0 Å². The summed E-state index contributed by atoms with van der Waals surface area (Å²) in [5.41, 5.74) is 3.47. The Morgan fingerprint density at radius 1 is 1.22 bits per heavy atom. The third-order valence-electron chi connectivity index (χ3n) is 3.69. The second-order valence-corrected chi connectivity index (χ2v) is 5.03. The summed E-state index contributed by atoms with van der Waals surface area (Å²) in [5, 5.41) is 3.36. The van der Waals surface area contributed by atoms with Crippen LogP contribution in [0.15, 0.2) is 0 Å². The van der Waals surface area contributed by atoms with Gasteiger partial charge in [0, 0.05) is 43.1 Å². The predicted molar refractivity (Wildman–Crippen MR) is 71.7 cm³/mol. The van der Waals surface area contributed by atoms with Crippen LogP contribution < -0.4 is 5.32 Å². The van der Waals surface area contributed by atoms with Crippen molar-refractivity contribution in [2.75, 3.05) is 20.3 Å². The molecule has 1 saturated carbocycles. The van der Waals surface area contributed by atoms with Gasteiger partial charge < -0.3 is 10.1 Å². The van der Waals surface area contributed by atoms with E-state index in [0.29, 0.717) is 5.92 Å². The van der Waals surface area contributed by atoms with E-state index in [-0.39, 0.29) is 0 Å². The van der Waals surface area contributed by atoms with Crippen molar-refractivity contribution >= 4 is 0 Å². The highest BCUT2D eigenvalue weighted by molar-refractivity contribution is 5.25. The van der Waals surface area contributed by atoms with Gasteiger partial charge >= 0.3 is 0 Å². The zero-order valence-electron chi connectivity index (χ0n) is 11.6.